The van der Waals surface area contributed by atoms with E-state index in [1.165, 1.54) is 0 Å². The Balaban J connectivity index is 1.33. The van der Waals surface area contributed by atoms with Gasteiger partial charge in [0.2, 0.25) is 5.91 Å². The topological polar surface area (TPSA) is 58.2 Å². The summed E-state index contributed by atoms with van der Waals surface area (Å²) in [5, 5.41) is 1.13. The van der Waals surface area contributed by atoms with Gasteiger partial charge in [-0.05, 0) is 48.7 Å². The van der Waals surface area contributed by atoms with Crippen LogP contribution in [-0.4, -0.2) is 41.0 Å². The highest BCUT2D eigenvalue weighted by Crippen LogP contribution is 2.31. The molecule has 0 aliphatic carbocycles. The zero-order chi connectivity index (χ0) is 21.9. The number of aromatic amines is 1. The van der Waals surface area contributed by atoms with Gasteiger partial charge in [0, 0.05) is 47.4 Å². The lowest BCUT2D eigenvalue weighted by Gasteiger charge is -2.32. The predicted octanol–water partition coefficient (Wildman–Crippen LogP) is 5.19. The number of hydrogen-bond acceptors (Lipinski definition) is 3. The van der Waals surface area contributed by atoms with Crippen LogP contribution in [0, 0.1) is 0 Å². The number of benzene rings is 2. The number of para-hydroxylation sites is 2. The molecular weight excluding hydrogens is 398 g/mol. The first-order valence-electron chi connectivity index (χ1n) is 11.2. The van der Waals surface area contributed by atoms with Crippen molar-refractivity contribution in [3.8, 4) is 17.0 Å². The third-order valence-electron chi connectivity index (χ3n) is 6.36. The largest absolute Gasteiger partial charge is 0.496 e. The summed E-state index contributed by atoms with van der Waals surface area (Å²) in [6, 6.07) is 22.2. The zero-order valence-electron chi connectivity index (χ0n) is 18.3. The second-order valence-corrected chi connectivity index (χ2v) is 8.36. The number of fused-ring (bicyclic) bond motifs is 1. The van der Waals surface area contributed by atoms with E-state index in [0.717, 1.165) is 58.6 Å². The first-order chi connectivity index (χ1) is 15.7. The van der Waals surface area contributed by atoms with E-state index in [0.29, 0.717) is 13.0 Å². The van der Waals surface area contributed by atoms with Crippen molar-refractivity contribution in [2.75, 3.05) is 20.2 Å². The molecule has 0 radical (unpaired) electrons. The number of methoxy groups -OCH3 is 1. The molecule has 1 amide bonds. The number of H-pyrrole nitrogens is 1. The second-order valence-electron chi connectivity index (χ2n) is 8.36. The molecule has 0 spiro atoms. The summed E-state index contributed by atoms with van der Waals surface area (Å²) in [6.07, 6.45) is 4.41. The fourth-order valence-electron chi connectivity index (χ4n) is 4.68. The molecule has 162 valence electrons. The number of hydrogen-bond donors (Lipinski definition) is 1. The SMILES string of the molecule is COc1ccccc1-c1cccc([C@H]2CCCN(C(=O)Cc3c[nH]c4ccccc34)C2)n1. The second kappa shape index (κ2) is 8.87. The molecule has 1 atom stereocenters. The van der Waals surface area contributed by atoms with E-state index in [2.05, 4.69) is 23.2 Å². The van der Waals surface area contributed by atoms with E-state index < -0.39 is 0 Å². The van der Waals surface area contributed by atoms with Gasteiger partial charge in [0.1, 0.15) is 5.75 Å². The number of amides is 1. The van der Waals surface area contributed by atoms with Crippen LogP contribution in [0.5, 0.6) is 5.75 Å². The van der Waals surface area contributed by atoms with Crippen molar-refractivity contribution in [1.29, 1.82) is 0 Å². The maximum absolute atomic E-state index is 13.1. The van der Waals surface area contributed by atoms with Crippen LogP contribution in [0.3, 0.4) is 0 Å². The molecule has 3 heterocycles. The lowest BCUT2D eigenvalue weighted by molar-refractivity contribution is -0.131. The molecule has 0 bridgehead atoms. The molecule has 1 fully saturated rings. The lowest BCUT2D eigenvalue weighted by atomic mass is 9.93. The summed E-state index contributed by atoms with van der Waals surface area (Å²) >= 11 is 0. The molecule has 2 aromatic heterocycles. The van der Waals surface area contributed by atoms with E-state index in [9.17, 15) is 4.79 Å². The molecular formula is C27H27N3O2. The molecule has 1 N–H and O–H groups in total. The van der Waals surface area contributed by atoms with Crippen molar-refractivity contribution in [2.24, 2.45) is 0 Å². The molecule has 1 aliphatic rings. The lowest BCUT2D eigenvalue weighted by Crippen LogP contribution is -2.40. The third-order valence-corrected chi connectivity index (χ3v) is 6.36. The number of likely N-dealkylation sites (tertiary alicyclic amines) is 1. The number of piperidine rings is 1. The highest BCUT2D eigenvalue weighted by atomic mass is 16.5. The Hall–Kier alpha value is -3.60. The third kappa shape index (κ3) is 3.98. The van der Waals surface area contributed by atoms with Crippen LogP contribution >= 0.6 is 0 Å². The van der Waals surface area contributed by atoms with Crippen molar-refractivity contribution < 1.29 is 9.53 Å². The molecule has 1 saturated heterocycles. The normalized spacial score (nSPS) is 16.3. The van der Waals surface area contributed by atoms with Crippen molar-refractivity contribution in [2.45, 2.75) is 25.2 Å². The number of carbonyl (C=O) groups is 1. The number of pyridine rings is 1. The monoisotopic (exact) mass is 425 g/mol. The maximum Gasteiger partial charge on any atom is 0.227 e. The number of rotatable bonds is 5. The van der Waals surface area contributed by atoms with E-state index in [-0.39, 0.29) is 11.8 Å². The van der Waals surface area contributed by atoms with Gasteiger partial charge >= 0.3 is 0 Å². The van der Waals surface area contributed by atoms with Crippen LogP contribution in [0.1, 0.15) is 30.0 Å². The fourth-order valence-corrected chi connectivity index (χ4v) is 4.68. The number of nitrogens with one attached hydrogen (secondary N) is 1. The molecule has 32 heavy (non-hydrogen) atoms. The summed E-state index contributed by atoms with van der Waals surface area (Å²) in [5.41, 5.74) is 5.06. The van der Waals surface area contributed by atoms with Gasteiger partial charge in [-0.3, -0.25) is 9.78 Å². The number of aromatic nitrogens is 2. The average molecular weight is 426 g/mol. The fraction of sp³-hybridized carbons (Fsp3) is 0.259. The smallest absolute Gasteiger partial charge is 0.227 e. The van der Waals surface area contributed by atoms with E-state index in [1.54, 1.807) is 7.11 Å². The molecule has 5 rings (SSSR count). The van der Waals surface area contributed by atoms with Crippen LogP contribution in [0.2, 0.25) is 0 Å². The Morgan fingerprint density at radius 3 is 2.84 bits per heavy atom. The quantitative estimate of drug-likeness (QED) is 0.479. The summed E-state index contributed by atoms with van der Waals surface area (Å²) in [4.78, 5) is 23.4. The minimum absolute atomic E-state index is 0.181. The van der Waals surface area contributed by atoms with E-state index in [4.69, 9.17) is 9.72 Å². The minimum Gasteiger partial charge on any atom is -0.496 e. The predicted molar refractivity (Wildman–Crippen MR) is 127 cm³/mol. The Kier molecular flexibility index (Phi) is 5.63. The maximum atomic E-state index is 13.1. The van der Waals surface area contributed by atoms with Crippen LogP contribution < -0.4 is 4.74 Å². The van der Waals surface area contributed by atoms with Crippen molar-refractivity contribution >= 4 is 16.8 Å². The Bertz CT molecular complexity index is 1250. The van der Waals surface area contributed by atoms with Crippen LogP contribution in [0.4, 0.5) is 0 Å². The Labute approximate surface area is 188 Å². The highest BCUT2D eigenvalue weighted by molar-refractivity contribution is 5.89. The molecule has 4 aromatic rings. The van der Waals surface area contributed by atoms with Gasteiger partial charge in [-0.25, -0.2) is 0 Å². The van der Waals surface area contributed by atoms with Gasteiger partial charge in [0.25, 0.3) is 0 Å². The van der Waals surface area contributed by atoms with Crippen LogP contribution in [-0.2, 0) is 11.2 Å². The number of nitrogens with zero attached hydrogens (tertiary/aromatic N) is 2. The molecule has 0 unspecified atom stereocenters. The van der Waals surface area contributed by atoms with Crippen molar-refractivity contribution in [3.05, 3.63) is 84.2 Å². The number of ether oxygens (including phenoxy) is 1. The van der Waals surface area contributed by atoms with Crippen molar-refractivity contribution in [3.63, 3.8) is 0 Å². The van der Waals surface area contributed by atoms with Crippen LogP contribution in [0.25, 0.3) is 22.2 Å². The number of carbonyl (C=O) groups excluding carboxylic acids is 1. The molecule has 1 aliphatic heterocycles. The van der Waals surface area contributed by atoms with Crippen molar-refractivity contribution in [1.82, 2.24) is 14.9 Å². The van der Waals surface area contributed by atoms with Gasteiger partial charge < -0.3 is 14.6 Å². The minimum atomic E-state index is 0.181. The summed E-state index contributed by atoms with van der Waals surface area (Å²) < 4.78 is 5.52. The molecule has 2 aromatic carbocycles. The van der Waals surface area contributed by atoms with Gasteiger partial charge in [-0.1, -0.05) is 36.4 Å². The highest BCUT2D eigenvalue weighted by Gasteiger charge is 2.26. The van der Waals surface area contributed by atoms with Gasteiger partial charge in [-0.2, -0.15) is 0 Å². The van der Waals surface area contributed by atoms with Crippen LogP contribution in [0.15, 0.2) is 72.9 Å². The summed E-state index contributed by atoms with van der Waals surface area (Å²) in [5.74, 6) is 1.24. The first-order valence-corrected chi connectivity index (χ1v) is 11.2. The van der Waals surface area contributed by atoms with E-state index >= 15 is 0 Å². The van der Waals surface area contributed by atoms with E-state index in [1.807, 2.05) is 59.6 Å². The summed E-state index contributed by atoms with van der Waals surface area (Å²) in [6.45, 7) is 1.52. The van der Waals surface area contributed by atoms with Gasteiger partial charge in [0.05, 0.1) is 19.2 Å². The molecule has 0 saturated carbocycles. The standard InChI is InChI=1S/C27H27N3O2/c1-32-26-14-5-3-10-22(26)25-13-6-12-23(29-25)19-8-7-15-30(18-19)27(31)16-20-17-28-24-11-4-2-9-21(20)24/h2-6,9-14,17,19,28H,7-8,15-16,18H2,1H3/t19-/m0/s1. The van der Waals surface area contributed by atoms with Gasteiger partial charge in [0.15, 0.2) is 0 Å². The first kappa shape index (κ1) is 20.3. The van der Waals surface area contributed by atoms with Gasteiger partial charge in [-0.15, -0.1) is 0 Å². The Morgan fingerprint density at radius 2 is 1.94 bits per heavy atom. The molecule has 5 heteroatoms. The Morgan fingerprint density at radius 1 is 1.09 bits per heavy atom. The average Bonchev–Trinajstić information content (AvgIpc) is 3.27. The zero-order valence-corrected chi connectivity index (χ0v) is 18.3. The summed E-state index contributed by atoms with van der Waals surface area (Å²) in [7, 11) is 1.68. The molecule has 5 nitrogen and oxygen atoms in total.